The maximum atomic E-state index is 12.5. The van der Waals surface area contributed by atoms with Gasteiger partial charge in [0.2, 0.25) is 10.0 Å². The first-order valence-corrected chi connectivity index (χ1v) is 10.4. The van der Waals surface area contributed by atoms with E-state index in [1.54, 1.807) is 37.4 Å². The molecule has 0 fully saturated rings. The van der Waals surface area contributed by atoms with E-state index in [4.69, 9.17) is 11.6 Å². The topological polar surface area (TPSA) is 106 Å². The fourth-order valence-corrected chi connectivity index (χ4v) is 4.24. The van der Waals surface area contributed by atoms with Gasteiger partial charge in [-0.3, -0.25) is 14.3 Å². The van der Waals surface area contributed by atoms with Gasteiger partial charge in [0, 0.05) is 39.1 Å². The number of hydrogen-bond acceptors (Lipinski definition) is 5. The lowest BCUT2D eigenvalue weighted by atomic mass is 10.1. The monoisotopic (exact) mass is 402 g/mol. The summed E-state index contributed by atoms with van der Waals surface area (Å²) in [6, 6.07) is 9.31. The van der Waals surface area contributed by atoms with Crippen molar-refractivity contribution in [1.29, 1.82) is 0 Å². The summed E-state index contributed by atoms with van der Waals surface area (Å²) in [7, 11) is -5.27. The van der Waals surface area contributed by atoms with Crippen LogP contribution in [0.2, 0.25) is 5.02 Å². The molecule has 0 spiro atoms. The van der Waals surface area contributed by atoms with Crippen LogP contribution in [0.4, 0.5) is 5.69 Å². The minimum Gasteiger partial charge on any atom is -0.258 e. The van der Waals surface area contributed by atoms with Crippen LogP contribution >= 0.6 is 11.6 Å². The molecule has 7 nitrogen and oxygen atoms in total. The lowest BCUT2D eigenvalue weighted by Gasteiger charge is -2.15. The van der Waals surface area contributed by atoms with Crippen molar-refractivity contribution in [3.63, 3.8) is 0 Å². The highest BCUT2D eigenvalue weighted by atomic mass is 35.5. The van der Waals surface area contributed by atoms with Crippen LogP contribution in [0.3, 0.4) is 0 Å². The van der Waals surface area contributed by atoms with Crippen molar-refractivity contribution in [2.75, 3.05) is 6.26 Å². The van der Waals surface area contributed by atoms with Crippen LogP contribution in [0.25, 0.3) is 0 Å². The number of nitrogens with zero attached hydrogens (tertiary/aromatic N) is 1. The molecule has 0 unspecified atom stereocenters. The highest BCUT2D eigenvalue weighted by Crippen LogP contribution is 2.28. The van der Waals surface area contributed by atoms with E-state index < -0.39 is 42.4 Å². The Balaban J connectivity index is 2.32. The van der Waals surface area contributed by atoms with Gasteiger partial charge in [0.05, 0.1) is 4.92 Å². The van der Waals surface area contributed by atoms with Crippen molar-refractivity contribution >= 4 is 38.1 Å². The molecule has 0 bridgehead atoms. The molecule has 0 aliphatic carbocycles. The van der Waals surface area contributed by atoms with Crippen molar-refractivity contribution in [2.24, 2.45) is 0 Å². The number of nitro benzene ring substituents is 1. The Morgan fingerprint density at radius 3 is 2.32 bits per heavy atom. The van der Waals surface area contributed by atoms with E-state index in [-0.39, 0.29) is 5.02 Å². The second-order valence-electron chi connectivity index (χ2n) is 5.24. The summed E-state index contributed by atoms with van der Waals surface area (Å²) in [5, 5.41) is 11.2. The molecular weight excluding hydrogens is 388 g/mol. The van der Waals surface area contributed by atoms with Crippen LogP contribution in [0.15, 0.2) is 52.3 Å². The maximum absolute atomic E-state index is 12.5. The summed E-state index contributed by atoms with van der Waals surface area (Å²) in [5.41, 5.74) is 0.0401. The third kappa shape index (κ3) is 4.63. The molecule has 10 heteroatoms. The molecule has 0 saturated heterocycles. The van der Waals surface area contributed by atoms with Crippen LogP contribution in [-0.2, 0) is 20.8 Å². The van der Waals surface area contributed by atoms with Crippen molar-refractivity contribution in [3.8, 4) is 0 Å². The van der Waals surface area contributed by atoms with Gasteiger partial charge in [0.25, 0.3) is 5.69 Å². The van der Waals surface area contributed by atoms with Crippen LogP contribution in [0.5, 0.6) is 0 Å². The van der Waals surface area contributed by atoms with E-state index in [1.807, 2.05) is 0 Å². The Bertz CT molecular complexity index is 929. The van der Waals surface area contributed by atoms with Gasteiger partial charge >= 0.3 is 0 Å². The fraction of sp³-hybridized carbons (Fsp3) is 0.200. The van der Waals surface area contributed by atoms with Gasteiger partial charge in [-0.15, -0.1) is 0 Å². The van der Waals surface area contributed by atoms with E-state index in [0.29, 0.717) is 10.5 Å². The molecule has 2 aromatic rings. The van der Waals surface area contributed by atoms with Gasteiger partial charge in [-0.25, -0.2) is 13.1 Å². The first kappa shape index (κ1) is 19.5. The van der Waals surface area contributed by atoms with E-state index >= 15 is 0 Å². The Morgan fingerprint density at radius 1 is 1.20 bits per heavy atom. The van der Waals surface area contributed by atoms with Crippen molar-refractivity contribution in [2.45, 2.75) is 22.8 Å². The minimum absolute atomic E-state index is 0.0712. The molecule has 134 valence electrons. The van der Waals surface area contributed by atoms with Gasteiger partial charge in [-0.2, -0.15) is 0 Å². The lowest BCUT2D eigenvalue weighted by molar-refractivity contribution is -0.387. The van der Waals surface area contributed by atoms with E-state index in [9.17, 15) is 22.7 Å². The van der Waals surface area contributed by atoms with Gasteiger partial charge in [0.15, 0.2) is 4.90 Å². The largest absolute Gasteiger partial charge is 0.290 e. The molecule has 0 aromatic heterocycles. The van der Waals surface area contributed by atoms with Crippen molar-refractivity contribution < 1.29 is 17.6 Å². The number of rotatable bonds is 6. The molecule has 0 amide bonds. The van der Waals surface area contributed by atoms with Crippen LogP contribution in [-0.4, -0.2) is 23.8 Å². The standard InChI is InChI=1S/C15H15ClN2O5S2/c1-10(11-3-6-13(7-4-11)24(2)21)17-25(22,23)15-8-5-12(16)9-14(15)18(19)20/h3-10,17H,1-2H3/t10-,24-/m0/s1. The molecule has 2 aromatic carbocycles. The van der Waals surface area contributed by atoms with Crippen molar-refractivity contribution in [1.82, 2.24) is 4.72 Å². The van der Waals surface area contributed by atoms with Gasteiger partial charge in [-0.1, -0.05) is 23.7 Å². The van der Waals surface area contributed by atoms with Crippen molar-refractivity contribution in [3.05, 3.63) is 63.2 Å². The normalized spacial score (nSPS) is 14.0. The molecule has 2 atom stereocenters. The van der Waals surface area contributed by atoms with Crippen LogP contribution in [0, 0.1) is 10.1 Å². The summed E-state index contributed by atoms with van der Waals surface area (Å²) < 4.78 is 38.8. The third-order valence-corrected chi connectivity index (χ3v) is 6.21. The second kappa shape index (κ2) is 7.61. The van der Waals surface area contributed by atoms with Gasteiger partial charge in [0.1, 0.15) is 0 Å². The lowest BCUT2D eigenvalue weighted by Crippen LogP contribution is -2.27. The second-order valence-corrected chi connectivity index (χ2v) is 8.73. The molecule has 1 N–H and O–H groups in total. The zero-order chi connectivity index (χ0) is 18.8. The predicted molar refractivity (Wildman–Crippen MR) is 95.6 cm³/mol. The maximum Gasteiger partial charge on any atom is 0.290 e. The molecule has 0 saturated carbocycles. The Kier molecular flexibility index (Phi) is 5.94. The minimum atomic E-state index is -4.14. The zero-order valence-electron chi connectivity index (χ0n) is 13.3. The number of sulfonamides is 1. The molecule has 0 heterocycles. The predicted octanol–water partition coefficient (Wildman–Crippen LogP) is 3.03. The number of halogens is 1. The molecular formula is C15H15ClN2O5S2. The Morgan fingerprint density at radius 2 is 1.80 bits per heavy atom. The number of nitrogens with one attached hydrogen (secondary N) is 1. The molecule has 0 aliphatic rings. The third-order valence-electron chi connectivity index (χ3n) is 3.45. The first-order valence-electron chi connectivity index (χ1n) is 7.01. The average Bonchev–Trinajstić information content (AvgIpc) is 2.54. The summed E-state index contributed by atoms with van der Waals surface area (Å²) >= 11 is 5.71. The smallest absolute Gasteiger partial charge is 0.258 e. The van der Waals surface area contributed by atoms with E-state index in [0.717, 1.165) is 12.1 Å². The number of nitro groups is 1. The van der Waals surface area contributed by atoms with Crippen LogP contribution in [0.1, 0.15) is 18.5 Å². The summed E-state index contributed by atoms with van der Waals surface area (Å²) in [6.07, 6.45) is 1.54. The summed E-state index contributed by atoms with van der Waals surface area (Å²) in [4.78, 5) is 10.5. The van der Waals surface area contributed by atoms with Crippen LogP contribution < -0.4 is 4.72 Å². The molecule has 2 rings (SSSR count). The van der Waals surface area contributed by atoms with Gasteiger partial charge < -0.3 is 0 Å². The van der Waals surface area contributed by atoms with E-state index in [2.05, 4.69) is 4.72 Å². The average molecular weight is 403 g/mol. The molecule has 0 aliphatic heterocycles. The summed E-state index contributed by atoms with van der Waals surface area (Å²) in [6.45, 7) is 1.61. The highest BCUT2D eigenvalue weighted by molar-refractivity contribution is 7.89. The van der Waals surface area contributed by atoms with Gasteiger partial charge in [-0.05, 0) is 36.8 Å². The highest BCUT2D eigenvalue weighted by Gasteiger charge is 2.27. The SMILES string of the molecule is C[C@H](NS(=O)(=O)c1ccc(Cl)cc1[N+](=O)[O-])c1ccc([S@](C)=O)cc1. The quantitative estimate of drug-likeness (QED) is 0.590. The first-order chi connectivity index (χ1) is 11.6. The van der Waals surface area contributed by atoms with E-state index in [1.165, 1.54) is 6.07 Å². The molecule has 0 radical (unpaired) electrons. The fourth-order valence-electron chi connectivity index (χ4n) is 2.17. The Labute approximate surface area is 152 Å². The number of hydrogen-bond donors (Lipinski definition) is 1. The zero-order valence-corrected chi connectivity index (χ0v) is 15.7. The Hall–Kier alpha value is -1.81. The number of benzene rings is 2. The molecule has 25 heavy (non-hydrogen) atoms. The summed E-state index contributed by atoms with van der Waals surface area (Å²) in [5.74, 6) is 0.